The highest BCUT2D eigenvalue weighted by Crippen LogP contribution is 2.11. The molecule has 18 heavy (non-hydrogen) atoms. The third kappa shape index (κ3) is 3.18. The molecule has 2 rings (SSSR count). The molecule has 1 aromatic heterocycles. The Morgan fingerprint density at radius 1 is 1.22 bits per heavy atom. The third-order valence-electron chi connectivity index (χ3n) is 2.63. The second kappa shape index (κ2) is 5.32. The topological polar surface area (TPSA) is 66.1 Å². The average Bonchev–Trinajstić information content (AvgIpc) is 2.82. The minimum absolute atomic E-state index is 0.0161. The lowest BCUT2D eigenvalue weighted by Gasteiger charge is -2.16. The Bertz CT molecular complexity index is 579. The van der Waals surface area contributed by atoms with Crippen LogP contribution in [0.4, 0.5) is 0 Å². The van der Waals surface area contributed by atoms with Crippen LogP contribution in [-0.4, -0.2) is 30.0 Å². The lowest BCUT2D eigenvalue weighted by molar-refractivity contribution is 0.466. The summed E-state index contributed by atoms with van der Waals surface area (Å²) in [6.45, 7) is 0.325. The second-order valence-electron chi connectivity index (χ2n) is 4.10. The number of nitrogens with zero attached hydrogens (tertiary/aromatic N) is 2. The van der Waals surface area contributed by atoms with Crippen LogP contribution in [0.5, 0.6) is 0 Å². The van der Waals surface area contributed by atoms with E-state index in [0.29, 0.717) is 6.54 Å². The molecule has 0 aliphatic rings. The van der Waals surface area contributed by atoms with E-state index in [2.05, 4.69) is 10.2 Å². The van der Waals surface area contributed by atoms with Gasteiger partial charge in [0.05, 0.1) is 11.9 Å². The molecule has 0 bridgehead atoms. The van der Waals surface area contributed by atoms with Gasteiger partial charge < -0.3 is 0 Å². The SMILES string of the molecule is CN(Cc1cn[nH]c1)S(=O)(=O)Cc1ccccc1. The molecule has 0 spiro atoms. The van der Waals surface area contributed by atoms with E-state index in [9.17, 15) is 8.42 Å². The molecule has 1 aromatic carbocycles. The maximum absolute atomic E-state index is 12.1. The molecule has 0 fully saturated rings. The number of rotatable bonds is 5. The van der Waals surface area contributed by atoms with Crippen molar-refractivity contribution in [2.24, 2.45) is 0 Å². The van der Waals surface area contributed by atoms with E-state index < -0.39 is 10.0 Å². The molecule has 0 amide bonds. The van der Waals surface area contributed by atoms with Gasteiger partial charge in [-0.2, -0.15) is 5.10 Å². The Morgan fingerprint density at radius 3 is 2.56 bits per heavy atom. The fourth-order valence-electron chi connectivity index (χ4n) is 1.61. The average molecular weight is 265 g/mol. The molecule has 0 radical (unpaired) electrons. The maximum Gasteiger partial charge on any atom is 0.218 e. The molecular formula is C12H15N3O2S. The Hall–Kier alpha value is -1.66. The van der Waals surface area contributed by atoms with Crippen LogP contribution in [0.25, 0.3) is 0 Å². The van der Waals surface area contributed by atoms with Gasteiger partial charge in [0.25, 0.3) is 0 Å². The van der Waals surface area contributed by atoms with Gasteiger partial charge in [-0.15, -0.1) is 0 Å². The summed E-state index contributed by atoms with van der Waals surface area (Å²) in [5.74, 6) is 0.0161. The van der Waals surface area contributed by atoms with Crippen LogP contribution in [0.15, 0.2) is 42.7 Å². The van der Waals surface area contributed by atoms with E-state index in [0.717, 1.165) is 11.1 Å². The van der Waals surface area contributed by atoms with Crippen molar-refractivity contribution < 1.29 is 8.42 Å². The monoisotopic (exact) mass is 265 g/mol. The van der Waals surface area contributed by atoms with Crippen LogP contribution in [0, 0.1) is 0 Å². The Kier molecular flexibility index (Phi) is 3.78. The highest BCUT2D eigenvalue weighted by atomic mass is 32.2. The van der Waals surface area contributed by atoms with E-state index in [1.165, 1.54) is 4.31 Å². The number of H-pyrrole nitrogens is 1. The predicted octanol–water partition coefficient (Wildman–Crippen LogP) is 1.37. The zero-order valence-corrected chi connectivity index (χ0v) is 10.9. The number of aromatic amines is 1. The fraction of sp³-hybridized carbons (Fsp3) is 0.250. The van der Waals surface area contributed by atoms with Crippen molar-refractivity contribution in [3.63, 3.8) is 0 Å². The largest absolute Gasteiger partial charge is 0.285 e. The van der Waals surface area contributed by atoms with Gasteiger partial charge in [-0.3, -0.25) is 5.10 Å². The smallest absolute Gasteiger partial charge is 0.218 e. The second-order valence-corrected chi connectivity index (χ2v) is 6.18. The first-order valence-electron chi connectivity index (χ1n) is 5.53. The summed E-state index contributed by atoms with van der Waals surface area (Å²) in [7, 11) is -1.72. The Balaban J connectivity index is 2.06. The van der Waals surface area contributed by atoms with E-state index in [4.69, 9.17) is 0 Å². The summed E-state index contributed by atoms with van der Waals surface area (Å²) < 4.78 is 25.6. The first kappa shape index (κ1) is 12.8. The summed E-state index contributed by atoms with van der Waals surface area (Å²) in [5.41, 5.74) is 1.63. The van der Waals surface area contributed by atoms with Crippen molar-refractivity contribution in [3.05, 3.63) is 53.9 Å². The number of hydrogen-bond donors (Lipinski definition) is 1. The predicted molar refractivity (Wildman–Crippen MR) is 69.1 cm³/mol. The van der Waals surface area contributed by atoms with Crippen molar-refractivity contribution in [2.45, 2.75) is 12.3 Å². The maximum atomic E-state index is 12.1. The lowest BCUT2D eigenvalue weighted by atomic mass is 10.2. The molecule has 96 valence electrons. The molecule has 0 atom stereocenters. The number of nitrogens with one attached hydrogen (secondary N) is 1. The standard InChI is InChI=1S/C12H15N3O2S/c1-15(9-12-7-13-14-8-12)18(16,17)10-11-5-3-2-4-6-11/h2-8H,9-10H2,1H3,(H,13,14). The van der Waals surface area contributed by atoms with Crippen LogP contribution in [0.2, 0.25) is 0 Å². The highest BCUT2D eigenvalue weighted by Gasteiger charge is 2.18. The van der Waals surface area contributed by atoms with Crippen molar-refractivity contribution in [1.82, 2.24) is 14.5 Å². The van der Waals surface area contributed by atoms with Crippen LogP contribution >= 0.6 is 0 Å². The van der Waals surface area contributed by atoms with Gasteiger partial charge in [0.2, 0.25) is 10.0 Å². The number of hydrogen-bond acceptors (Lipinski definition) is 3. The minimum Gasteiger partial charge on any atom is -0.285 e. The third-order valence-corrected chi connectivity index (χ3v) is 4.40. The summed E-state index contributed by atoms with van der Waals surface area (Å²) in [6, 6.07) is 9.15. The minimum atomic E-state index is -3.30. The van der Waals surface area contributed by atoms with Crippen LogP contribution < -0.4 is 0 Å². The van der Waals surface area contributed by atoms with Crippen LogP contribution in [0.1, 0.15) is 11.1 Å². The molecule has 1 heterocycles. The normalized spacial score (nSPS) is 11.9. The van der Waals surface area contributed by atoms with Crippen molar-refractivity contribution in [1.29, 1.82) is 0 Å². The van der Waals surface area contributed by atoms with Gasteiger partial charge in [-0.05, 0) is 5.56 Å². The Morgan fingerprint density at radius 2 is 1.94 bits per heavy atom. The zero-order chi connectivity index (χ0) is 13.0. The van der Waals surface area contributed by atoms with Gasteiger partial charge in [0.1, 0.15) is 0 Å². The highest BCUT2D eigenvalue weighted by molar-refractivity contribution is 7.88. The molecule has 0 aliphatic heterocycles. The van der Waals surface area contributed by atoms with E-state index in [1.54, 1.807) is 19.4 Å². The zero-order valence-electron chi connectivity index (χ0n) is 10.1. The molecule has 1 N–H and O–H groups in total. The molecule has 0 aliphatic carbocycles. The lowest BCUT2D eigenvalue weighted by Crippen LogP contribution is -2.27. The van der Waals surface area contributed by atoms with Crippen LogP contribution in [0.3, 0.4) is 0 Å². The first-order valence-corrected chi connectivity index (χ1v) is 7.14. The molecule has 2 aromatic rings. The summed E-state index contributed by atoms with van der Waals surface area (Å²) in [5, 5.41) is 6.46. The van der Waals surface area contributed by atoms with Crippen molar-refractivity contribution in [2.75, 3.05) is 7.05 Å². The van der Waals surface area contributed by atoms with Gasteiger partial charge >= 0.3 is 0 Å². The molecule has 0 saturated heterocycles. The first-order chi connectivity index (χ1) is 8.58. The number of benzene rings is 1. The van der Waals surface area contributed by atoms with E-state index in [1.807, 2.05) is 30.3 Å². The summed E-state index contributed by atoms with van der Waals surface area (Å²) in [6.07, 6.45) is 3.31. The van der Waals surface area contributed by atoms with Gasteiger partial charge in [0.15, 0.2) is 0 Å². The van der Waals surface area contributed by atoms with Gasteiger partial charge in [-0.25, -0.2) is 12.7 Å². The number of sulfonamides is 1. The van der Waals surface area contributed by atoms with E-state index in [-0.39, 0.29) is 5.75 Å². The molecule has 6 heteroatoms. The summed E-state index contributed by atoms with van der Waals surface area (Å²) in [4.78, 5) is 0. The van der Waals surface area contributed by atoms with Crippen LogP contribution in [-0.2, 0) is 22.3 Å². The van der Waals surface area contributed by atoms with Gasteiger partial charge in [-0.1, -0.05) is 30.3 Å². The van der Waals surface area contributed by atoms with Crippen molar-refractivity contribution >= 4 is 10.0 Å². The number of aromatic nitrogens is 2. The fourth-order valence-corrected chi connectivity index (χ4v) is 2.79. The quantitative estimate of drug-likeness (QED) is 0.888. The summed E-state index contributed by atoms with van der Waals surface area (Å²) >= 11 is 0. The van der Waals surface area contributed by atoms with E-state index >= 15 is 0 Å². The van der Waals surface area contributed by atoms with Crippen molar-refractivity contribution in [3.8, 4) is 0 Å². The molecular weight excluding hydrogens is 250 g/mol. The van der Waals surface area contributed by atoms with Gasteiger partial charge in [0, 0.05) is 25.4 Å². The Labute approximate surface area is 107 Å². The molecule has 5 nitrogen and oxygen atoms in total. The molecule has 0 saturated carbocycles. The molecule has 0 unspecified atom stereocenters.